The first-order chi connectivity index (χ1) is 13.0. The molecule has 1 saturated heterocycles. The molecule has 0 bridgehead atoms. The minimum atomic E-state index is -0.476. The minimum Gasteiger partial charge on any atom is -0.464 e. The summed E-state index contributed by atoms with van der Waals surface area (Å²) in [5.41, 5.74) is 0.739. The van der Waals surface area contributed by atoms with Gasteiger partial charge in [-0.1, -0.05) is 48.5 Å². The van der Waals surface area contributed by atoms with Crippen molar-refractivity contribution >= 4 is 35.1 Å². The normalized spacial score (nSPS) is 23.4. The summed E-state index contributed by atoms with van der Waals surface area (Å²) >= 11 is 12.2. The van der Waals surface area contributed by atoms with Gasteiger partial charge in [-0.2, -0.15) is 0 Å². The molecule has 1 aromatic rings. The Morgan fingerprint density at radius 2 is 1.85 bits per heavy atom. The van der Waals surface area contributed by atoms with E-state index in [9.17, 15) is 9.59 Å². The second-order valence-electron chi connectivity index (χ2n) is 7.52. The predicted octanol–water partition coefficient (Wildman–Crippen LogP) is 5.04. The zero-order valence-electron chi connectivity index (χ0n) is 15.8. The first kappa shape index (κ1) is 20.5. The smallest absolute Gasteiger partial charge is 0.328 e. The van der Waals surface area contributed by atoms with Crippen LogP contribution in [0.2, 0.25) is 10.0 Å². The molecule has 2 aliphatic rings. The molecule has 3 rings (SSSR count). The second-order valence-corrected chi connectivity index (χ2v) is 8.37. The summed E-state index contributed by atoms with van der Waals surface area (Å²) in [4.78, 5) is 27.6. The van der Waals surface area contributed by atoms with Gasteiger partial charge in [0.25, 0.3) is 0 Å². The van der Waals surface area contributed by atoms with Crippen molar-refractivity contribution in [1.29, 1.82) is 0 Å². The molecule has 0 aromatic heterocycles. The molecular weight excluding hydrogens is 385 g/mol. The fraction of sp³-hybridized carbons (Fsp3) is 0.619. The van der Waals surface area contributed by atoms with Gasteiger partial charge in [0, 0.05) is 16.1 Å². The Morgan fingerprint density at radius 1 is 1.11 bits per heavy atom. The molecule has 1 aromatic carbocycles. The highest BCUT2D eigenvalue weighted by Crippen LogP contribution is 2.38. The van der Waals surface area contributed by atoms with Crippen LogP contribution in [0, 0.1) is 5.92 Å². The van der Waals surface area contributed by atoms with Gasteiger partial charge in [-0.15, -0.1) is 0 Å². The van der Waals surface area contributed by atoms with Crippen molar-refractivity contribution in [3.8, 4) is 0 Å². The minimum absolute atomic E-state index is 0.0506. The number of benzene rings is 1. The van der Waals surface area contributed by atoms with Crippen LogP contribution >= 0.6 is 23.2 Å². The summed E-state index contributed by atoms with van der Waals surface area (Å²) in [5.74, 6) is 0.138. The Balaban J connectivity index is 1.81. The van der Waals surface area contributed by atoms with Crippen LogP contribution in [0.4, 0.5) is 0 Å². The first-order valence-electron chi connectivity index (χ1n) is 9.93. The molecule has 1 aliphatic carbocycles. The maximum Gasteiger partial charge on any atom is 0.328 e. The highest BCUT2D eigenvalue weighted by Gasteiger charge is 2.44. The summed E-state index contributed by atoms with van der Waals surface area (Å²) in [6, 6.07) is 4.82. The van der Waals surface area contributed by atoms with E-state index in [-0.39, 0.29) is 24.3 Å². The third-order valence-corrected chi connectivity index (χ3v) is 6.41. The zero-order valence-corrected chi connectivity index (χ0v) is 17.3. The lowest BCUT2D eigenvalue weighted by molar-refractivity contribution is -0.154. The number of esters is 1. The maximum atomic E-state index is 13.3. The first-order valence-corrected chi connectivity index (χ1v) is 10.7. The van der Waals surface area contributed by atoms with Gasteiger partial charge in [0.15, 0.2) is 0 Å². The molecule has 148 valence electrons. The van der Waals surface area contributed by atoms with Gasteiger partial charge in [-0.05, 0) is 56.2 Å². The Labute approximate surface area is 171 Å². The van der Waals surface area contributed by atoms with Gasteiger partial charge in [-0.25, -0.2) is 4.79 Å². The van der Waals surface area contributed by atoms with Crippen LogP contribution in [0.5, 0.6) is 0 Å². The predicted molar refractivity (Wildman–Crippen MR) is 107 cm³/mol. The molecule has 27 heavy (non-hydrogen) atoms. The molecule has 6 heteroatoms. The highest BCUT2D eigenvalue weighted by molar-refractivity contribution is 6.35. The Morgan fingerprint density at radius 3 is 2.52 bits per heavy atom. The summed E-state index contributed by atoms with van der Waals surface area (Å²) < 4.78 is 5.26. The third-order valence-electron chi connectivity index (χ3n) is 5.83. The molecule has 0 radical (unpaired) electrons. The monoisotopic (exact) mass is 411 g/mol. The lowest BCUT2D eigenvalue weighted by Gasteiger charge is -2.36. The lowest BCUT2D eigenvalue weighted by Crippen LogP contribution is -2.49. The maximum absolute atomic E-state index is 13.3. The van der Waals surface area contributed by atoms with E-state index in [0.717, 1.165) is 24.8 Å². The average molecular weight is 412 g/mol. The van der Waals surface area contributed by atoms with Crippen LogP contribution in [0.1, 0.15) is 57.4 Å². The lowest BCUT2D eigenvalue weighted by atomic mass is 9.83. The van der Waals surface area contributed by atoms with Gasteiger partial charge in [0.05, 0.1) is 13.0 Å². The largest absolute Gasteiger partial charge is 0.464 e. The van der Waals surface area contributed by atoms with E-state index in [0.29, 0.717) is 29.0 Å². The van der Waals surface area contributed by atoms with Crippen LogP contribution < -0.4 is 0 Å². The van der Waals surface area contributed by atoms with Gasteiger partial charge in [-0.3, -0.25) is 4.79 Å². The Bertz CT molecular complexity index is 688. The van der Waals surface area contributed by atoms with Crippen molar-refractivity contribution in [1.82, 2.24) is 4.90 Å². The van der Waals surface area contributed by atoms with E-state index in [4.69, 9.17) is 27.9 Å². The SMILES string of the molecule is CCOC(=O)C1CCC(C2CCCCC2)N1C(=O)Cc1ccc(Cl)cc1Cl. The number of amides is 1. The fourth-order valence-electron chi connectivity index (χ4n) is 4.57. The van der Waals surface area contributed by atoms with E-state index < -0.39 is 6.04 Å². The number of likely N-dealkylation sites (tertiary alicyclic amines) is 1. The van der Waals surface area contributed by atoms with Crippen molar-refractivity contribution in [2.45, 2.75) is 70.4 Å². The van der Waals surface area contributed by atoms with Crippen molar-refractivity contribution in [2.75, 3.05) is 6.61 Å². The van der Waals surface area contributed by atoms with Crippen molar-refractivity contribution in [2.24, 2.45) is 5.92 Å². The second kappa shape index (κ2) is 9.29. The number of nitrogens with zero attached hydrogens (tertiary/aromatic N) is 1. The summed E-state index contributed by atoms with van der Waals surface area (Å²) in [6.07, 6.45) is 7.66. The van der Waals surface area contributed by atoms with Crippen LogP contribution in [0.15, 0.2) is 18.2 Å². The van der Waals surface area contributed by atoms with Crippen LogP contribution in [-0.2, 0) is 20.7 Å². The summed E-state index contributed by atoms with van der Waals surface area (Å²) in [5, 5.41) is 1.03. The van der Waals surface area contributed by atoms with Gasteiger partial charge in [0.2, 0.25) is 5.91 Å². The van der Waals surface area contributed by atoms with Crippen LogP contribution in [-0.4, -0.2) is 35.5 Å². The van der Waals surface area contributed by atoms with Crippen LogP contribution in [0.3, 0.4) is 0 Å². The van der Waals surface area contributed by atoms with Gasteiger partial charge in [0.1, 0.15) is 6.04 Å². The topological polar surface area (TPSA) is 46.6 Å². The number of hydrogen-bond acceptors (Lipinski definition) is 3. The number of carbonyl (C=O) groups excluding carboxylic acids is 2. The number of hydrogen-bond donors (Lipinski definition) is 0. The molecule has 1 aliphatic heterocycles. The Hall–Kier alpha value is -1.26. The van der Waals surface area contributed by atoms with E-state index in [1.165, 1.54) is 19.3 Å². The molecule has 1 heterocycles. The highest BCUT2D eigenvalue weighted by atomic mass is 35.5. The third kappa shape index (κ3) is 4.78. The molecular formula is C21H27Cl2NO3. The number of carbonyl (C=O) groups is 2. The number of halogens is 2. The molecule has 2 unspecified atom stereocenters. The average Bonchev–Trinajstić information content (AvgIpc) is 3.10. The molecule has 2 fully saturated rings. The van der Waals surface area contributed by atoms with Gasteiger partial charge >= 0.3 is 5.97 Å². The summed E-state index contributed by atoms with van der Waals surface area (Å²) in [7, 11) is 0. The Kier molecular flexibility index (Phi) is 7.04. The molecule has 0 spiro atoms. The van der Waals surface area contributed by atoms with E-state index in [1.54, 1.807) is 25.1 Å². The van der Waals surface area contributed by atoms with E-state index >= 15 is 0 Å². The fourth-order valence-corrected chi connectivity index (χ4v) is 5.04. The standard InChI is InChI=1S/C21H27Cl2NO3/c1-2-27-21(26)19-11-10-18(14-6-4-3-5-7-14)24(19)20(25)12-15-8-9-16(22)13-17(15)23/h8-9,13-14,18-19H,2-7,10-12H2,1H3. The molecule has 4 nitrogen and oxygen atoms in total. The number of ether oxygens (including phenoxy) is 1. The summed E-state index contributed by atoms with van der Waals surface area (Å²) in [6.45, 7) is 2.12. The van der Waals surface area contributed by atoms with E-state index in [1.807, 2.05) is 4.90 Å². The molecule has 2 atom stereocenters. The molecule has 0 N–H and O–H groups in total. The van der Waals surface area contributed by atoms with Crippen molar-refractivity contribution < 1.29 is 14.3 Å². The quantitative estimate of drug-likeness (QED) is 0.637. The van der Waals surface area contributed by atoms with Crippen LogP contribution in [0.25, 0.3) is 0 Å². The van der Waals surface area contributed by atoms with Crippen molar-refractivity contribution in [3.05, 3.63) is 33.8 Å². The van der Waals surface area contributed by atoms with Gasteiger partial charge < -0.3 is 9.64 Å². The number of rotatable bonds is 5. The zero-order chi connectivity index (χ0) is 19.4. The molecule has 1 saturated carbocycles. The van der Waals surface area contributed by atoms with E-state index in [2.05, 4.69) is 0 Å². The van der Waals surface area contributed by atoms with Crippen molar-refractivity contribution in [3.63, 3.8) is 0 Å². The molecule has 1 amide bonds.